The summed E-state index contributed by atoms with van der Waals surface area (Å²) in [5.41, 5.74) is 0.555. The van der Waals surface area contributed by atoms with Gasteiger partial charge in [-0.25, -0.2) is 9.18 Å². The molecule has 0 atom stereocenters. The van der Waals surface area contributed by atoms with Crippen LogP contribution in [-0.4, -0.2) is 31.4 Å². The van der Waals surface area contributed by atoms with Crippen LogP contribution in [0.2, 0.25) is 5.02 Å². The average molecular weight is 413 g/mol. The predicted molar refractivity (Wildman–Crippen MR) is 102 cm³/mol. The first-order chi connectivity index (χ1) is 12.8. The molecular weight excluding hydrogens is 395 g/mol. The SMILES string of the molecule is CCOC(=O)c1c(NC(=O)Cc2c(F)cccc2Cl)sc(C(=O)NC)c1C. The van der Waals surface area contributed by atoms with Gasteiger partial charge in [0.05, 0.1) is 23.5 Å². The van der Waals surface area contributed by atoms with Crippen molar-refractivity contribution in [1.82, 2.24) is 5.32 Å². The molecule has 2 amide bonds. The summed E-state index contributed by atoms with van der Waals surface area (Å²) < 4.78 is 18.9. The molecule has 0 saturated carbocycles. The standard InChI is InChI=1S/C18H18ClFN2O4S/c1-4-26-18(25)14-9(2)15(16(24)21-3)27-17(14)22-13(23)8-10-11(19)6-5-7-12(10)20/h5-7H,4,8H2,1-3H3,(H,21,24)(H,22,23). The lowest BCUT2D eigenvalue weighted by molar-refractivity contribution is -0.115. The third-order valence-corrected chi connectivity index (χ3v) is 5.27. The summed E-state index contributed by atoms with van der Waals surface area (Å²) in [7, 11) is 1.46. The number of carbonyl (C=O) groups is 3. The highest BCUT2D eigenvalue weighted by Gasteiger charge is 2.26. The summed E-state index contributed by atoms with van der Waals surface area (Å²) in [5, 5.41) is 5.35. The number of esters is 1. The quantitative estimate of drug-likeness (QED) is 0.710. The summed E-state index contributed by atoms with van der Waals surface area (Å²) in [6, 6.07) is 4.13. The molecule has 2 N–H and O–H groups in total. The van der Waals surface area contributed by atoms with Gasteiger partial charge in [-0.15, -0.1) is 11.3 Å². The molecule has 9 heteroatoms. The van der Waals surface area contributed by atoms with Crippen molar-refractivity contribution in [2.75, 3.05) is 19.0 Å². The molecule has 0 unspecified atom stereocenters. The van der Waals surface area contributed by atoms with Gasteiger partial charge in [0.25, 0.3) is 5.91 Å². The van der Waals surface area contributed by atoms with Crippen molar-refractivity contribution in [3.63, 3.8) is 0 Å². The number of anilines is 1. The lowest BCUT2D eigenvalue weighted by atomic mass is 10.1. The van der Waals surface area contributed by atoms with Crippen molar-refractivity contribution in [1.29, 1.82) is 0 Å². The Balaban J connectivity index is 2.35. The second-order valence-electron chi connectivity index (χ2n) is 5.49. The number of halogens is 2. The molecule has 1 aromatic carbocycles. The Morgan fingerprint density at radius 1 is 1.30 bits per heavy atom. The summed E-state index contributed by atoms with van der Waals surface area (Å²) in [6.07, 6.45) is -0.319. The maximum atomic E-state index is 13.9. The minimum absolute atomic E-state index is 0.0501. The van der Waals surface area contributed by atoms with E-state index in [1.807, 2.05) is 0 Å². The molecule has 2 rings (SSSR count). The molecule has 0 aliphatic rings. The molecule has 2 aromatic rings. The number of thiophene rings is 1. The molecule has 0 saturated heterocycles. The normalized spacial score (nSPS) is 10.4. The molecule has 1 heterocycles. The molecule has 144 valence electrons. The number of carbonyl (C=O) groups excluding carboxylic acids is 3. The van der Waals surface area contributed by atoms with E-state index in [0.717, 1.165) is 11.3 Å². The van der Waals surface area contributed by atoms with E-state index < -0.39 is 17.7 Å². The lowest BCUT2D eigenvalue weighted by Gasteiger charge is -2.08. The number of benzene rings is 1. The minimum Gasteiger partial charge on any atom is -0.462 e. The van der Waals surface area contributed by atoms with E-state index in [9.17, 15) is 18.8 Å². The first kappa shape index (κ1) is 20.9. The Morgan fingerprint density at radius 3 is 2.59 bits per heavy atom. The van der Waals surface area contributed by atoms with Crippen molar-refractivity contribution in [3.05, 3.63) is 50.6 Å². The van der Waals surface area contributed by atoms with Crippen molar-refractivity contribution in [2.45, 2.75) is 20.3 Å². The number of amides is 2. The number of hydrogen-bond donors (Lipinski definition) is 2. The molecule has 0 bridgehead atoms. The molecule has 0 aliphatic heterocycles. The van der Waals surface area contributed by atoms with Gasteiger partial charge in [0, 0.05) is 17.6 Å². The fourth-order valence-corrected chi connectivity index (χ4v) is 3.80. The van der Waals surface area contributed by atoms with Crippen molar-refractivity contribution in [2.24, 2.45) is 0 Å². The van der Waals surface area contributed by atoms with E-state index in [1.54, 1.807) is 13.8 Å². The molecule has 0 fully saturated rings. The Bertz CT molecular complexity index is 877. The zero-order valence-electron chi connectivity index (χ0n) is 14.9. The molecule has 27 heavy (non-hydrogen) atoms. The van der Waals surface area contributed by atoms with Crippen LogP contribution in [0.4, 0.5) is 9.39 Å². The fraction of sp³-hybridized carbons (Fsp3) is 0.278. The predicted octanol–water partition coefficient (Wildman–Crippen LogP) is 3.57. The molecule has 6 nitrogen and oxygen atoms in total. The molecule has 0 radical (unpaired) electrons. The van der Waals surface area contributed by atoms with Crippen LogP contribution in [0, 0.1) is 12.7 Å². The third-order valence-electron chi connectivity index (χ3n) is 3.71. The van der Waals surface area contributed by atoms with E-state index in [-0.39, 0.29) is 45.0 Å². The second-order valence-corrected chi connectivity index (χ2v) is 6.91. The molecular formula is C18H18ClFN2O4S. The van der Waals surface area contributed by atoms with Gasteiger partial charge in [-0.2, -0.15) is 0 Å². The number of hydrogen-bond acceptors (Lipinski definition) is 5. The maximum Gasteiger partial charge on any atom is 0.341 e. The van der Waals surface area contributed by atoms with Crippen LogP contribution in [-0.2, 0) is 16.0 Å². The smallest absolute Gasteiger partial charge is 0.341 e. The minimum atomic E-state index is -0.652. The van der Waals surface area contributed by atoms with E-state index in [2.05, 4.69) is 10.6 Å². The topological polar surface area (TPSA) is 84.5 Å². The van der Waals surface area contributed by atoms with E-state index in [1.165, 1.54) is 25.2 Å². The van der Waals surface area contributed by atoms with Gasteiger partial charge in [-0.3, -0.25) is 9.59 Å². The lowest BCUT2D eigenvalue weighted by Crippen LogP contribution is -2.18. The maximum absolute atomic E-state index is 13.9. The first-order valence-corrected chi connectivity index (χ1v) is 9.24. The molecule has 0 aliphatic carbocycles. The number of ether oxygens (including phenoxy) is 1. The van der Waals surface area contributed by atoms with Crippen LogP contribution in [0.15, 0.2) is 18.2 Å². The summed E-state index contributed by atoms with van der Waals surface area (Å²) >= 11 is 6.89. The Kier molecular flexibility index (Phi) is 6.92. The van der Waals surface area contributed by atoms with Crippen LogP contribution < -0.4 is 10.6 Å². The van der Waals surface area contributed by atoms with Crippen LogP contribution in [0.1, 0.15) is 38.1 Å². The highest BCUT2D eigenvalue weighted by molar-refractivity contribution is 7.18. The highest BCUT2D eigenvalue weighted by Crippen LogP contribution is 2.34. The second kappa shape index (κ2) is 8.96. The molecule has 0 spiro atoms. The van der Waals surface area contributed by atoms with Gasteiger partial charge < -0.3 is 15.4 Å². The van der Waals surface area contributed by atoms with Crippen molar-refractivity contribution in [3.8, 4) is 0 Å². The van der Waals surface area contributed by atoms with Crippen LogP contribution in [0.3, 0.4) is 0 Å². The fourth-order valence-electron chi connectivity index (χ4n) is 2.41. The summed E-state index contributed by atoms with van der Waals surface area (Å²) in [6.45, 7) is 3.38. The van der Waals surface area contributed by atoms with E-state index in [4.69, 9.17) is 16.3 Å². The van der Waals surface area contributed by atoms with E-state index in [0.29, 0.717) is 5.56 Å². The van der Waals surface area contributed by atoms with Crippen LogP contribution in [0.5, 0.6) is 0 Å². The monoisotopic (exact) mass is 412 g/mol. The largest absolute Gasteiger partial charge is 0.462 e. The Hall–Kier alpha value is -2.45. The van der Waals surface area contributed by atoms with Crippen molar-refractivity contribution < 1.29 is 23.5 Å². The average Bonchev–Trinajstić information content (AvgIpc) is 2.94. The molecule has 1 aromatic heterocycles. The zero-order chi connectivity index (χ0) is 20.1. The Labute approximate surface area is 164 Å². The van der Waals surface area contributed by atoms with Gasteiger partial charge >= 0.3 is 5.97 Å². The number of nitrogens with one attached hydrogen (secondary N) is 2. The van der Waals surface area contributed by atoms with Gasteiger partial charge in [-0.05, 0) is 31.5 Å². The summed E-state index contributed by atoms with van der Waals surface area (Å²) in [4.78, 5) is 37.0. The van der Waals surface area contributed by atoms with Gasteiger partial charge in [0.15, 0.2) is 0 Å². The van der Waals surface area contributed by atoms with Gasteiger partial charge in [0.2, 0.25) is 5.91 Å². The van der Waals surface area contributed by atoms with Gasteiger partial charge in [-0.1, -0.05) is 17.7 Å². The zero-order valence-corrected chi connectivity index (χ0v) is 16.5. The van der Waals surface area contributed by atoms with E-state index >= 15 is 0 Å². The first-order valence-electron chi connectivity index (χ1n) is 8.05. The van der Waals surface area contributed by atoms with Crippen LogP contribution >= 0.6 is 22.9 Å². The van der Waals surface area contributed by atoms with Crippen LogP contribution in [0.25, 0.3) is 0 Å². The third kappa shape index (κ3) is 4.64. The van der Waals surface area contributed by atoms with Gasteiger partial charge in [0.1, 0.15) is 10.8 Å². The summed E-state index contributed by atoms with van der Waals surface area (Å²) in [5.74, 6) is -2.21. The highest BCUT2D eigenvalue weighted by atomic mass is 35.5. The number of rotatable bonds is 6. The van der Waals surface area contributed by atoms with Crippen molar-refractivity contribution >= 4 is 45.7 Å². The Morgan fingerprint density at radius 2 is 2.00 bits per heavy atom.